The molecule has 0 heterocycles. The van der Waals surface area contributed by atoms with Gasteiger partial charge in [-0.05, 0) is 12.5 Å². The number of hydrogen-bond donors (Lipinski definition) is 1. The Labute approximate surface area is 194 Å². The zero-order chi connectivity index (χ0) is 20.0. The van der Waals surface area contributed by atoms with Gasteiger partial charge in [0, 0.05) is 14.1 Å². The fourth-order valence-electron chi connectivity index (χ4n) is 2.43. The van der Waals surface area contributed by atoms with Crippen LogP contribution in [0.25, 0.3) is 10.6 Å². The molecule has 0 radical (unpaired) electrons. The molecule has 0 aliphatic rings. The third-order valence-corrected chi connectivity index (χ3v) is 3.99. The van der Waals surface area contributed by atoms with Crippen LogP contribution in [0.5, 0.6) is 5.75 Å². The molecule has 0 fully saturated rings. The number of benzene rings is 1. The van der Waals surface area contributed by atoms with Gasteiger partial charge in [0.15, 0.2) is 0 Å². The molecule has 0 bridgehead atoms. The van der Waals surface area contributed by atoms with Gasteiger partial charge in [-0.2, -0.15) is 0 Å². The van der Waals surface area contributed by atoms with Crippen molar-refractivity contribution in [2.45, 2.75) is 26.2 Å². The van der Waals surface area contributed by atoms with E-state index in [4.69, 9.17) is 0 Å². The molecular weight excluding hydrogens is 360 g/mol. The number of phenolic OH excluding ortho intramolecular Hbond substituents is 1. The van der Waals surface area contributed by atoms with Gasteiger partial charge in [-0.25, -0.2) is 0 Å². The van der Waals surface area contributed by atoms with Crippen molar-refractivity contribution in [2.24, 2.45) is 0 Å². The Hall–Kier alpha value is -1.90. The second-order valence-electron chi connectivity index (χ2n) is 6.29. The van der Waals surface area contributed by atoms with Gasteiger partial charge in [-0.15, -0.1) is 12.6 Å². The monoisotopic (exact) mass is 383 g/mol. The number of unbranched alkanes of at least 4 members (excludes halogenated alkanes) is 2. The molecule has 0 atom stereocenters. The summed E-state index contributed by atoms with van der Waals surface area (Å²) in [5, 5.41) is 18.5. The van der Waals surface area contributed by atoms with E-state index in [1.807, 2.05) is 12.2 Å². The minimum atomic E-state index is -0.743. The Morgan fingerprint density at radius 1 is 1.10 bits per heavy atom. The van der Waals surface area contributed by atoms with E-state index in [2.05, 4.69) is 17.6 Å². The van der Waals surface area contributed by atoms with Crippen LogP contribution >= 0.6 is 0 Å². The molecule has 2 aromatic carbocycles. The minimum Gasteiger partial charge on any atom is -0.679 e. The van der Waals surface area contributed by atoms with E-state index in [0.29, 0.717) is 0 Å². The Morgan fingerprint density at radius 2 is 1.76 bits per heavy atom. The molecule has 0 aliphatic carbocycles. The number of rotatable bonds is 9. The third kappa shape index (κ3) is 6.55. The topological polar surface area (TPSA) is 103 Å². The molecule has 7 nitrogen and oxygen atoms in total. The number of carbonyl (C=O) groups excluding carboxylic acids is 1. The summed E-state index contributed by atoms with van der Waals surface area (Å²) in [6, 6.07) is 4.48. The molecule has 2 rings (SSSR count). The summed E-state index contributed by atoms with van der Waals surface area (Å²) in [7, 11) is 3.13. The maximum atomic E-state index is 12.1. The molecule has 1 N–H and O–H groups in total. The van der Waals surface area contributed by atoms with Crippen molar-refractivity contribution in [1.29, 1.82) is 0 Å². The van der Waals surface area contributed by atoms with Gasteiger partial charge in [0.2, 0.25) is 10.9 Å². The SMILES string of the molecule is CCCC/C=C\C[N-]c1c([N-]c2cccc(C(=O)N(C)C)c2O)c(=O)c1=O.[Li+].[Li+]. The van der Waals surface area contributed by atoms with Crippen molar-refractivity contribution in [1.82, 2.24) is 4.90 Å². The molecule has 0 aliphatic heterocycles. The van der Waals surface area contributed by atoms with E-state index >= 15 is 0 Å². The van der Waals surface area contributed by atoms with Crippen LogP contribution in [0.15, 0.2) is 39.9 Å². The molecule has 0 aromatic heterocycles. The van der Waals surface area contributed by atoms with Crippen molar-refractivity contribution in [3.63, 3.8) is 0 Å². The normalized spacial score (nSPS) is 10.3. The summed E-state index contributed by atoms with van der Waals surface area (Å²) in [5.74, 6) is -0.730. The Morgan fingerprint density at radius 3 is 2.38 bits per heavy atom. The average Bonchev–Trinajstić information content (AvgIpc) is 2.66. The molecule has 0 saturated heterocycles. The number of aromatic hydroxyl groups is 1. The number of phenols is 1. The largest absolute Gasteiger partial charge is 1.00 e. The number of amides is 1. The number of para-hydroxylation sites is 1. The van der Waals surface area contributed by atoms with E-state index < -0.39 is 16.8 Å². The predicted octanol–water partition coefficient (Wildman–Crippen LogP) is -2.21. The number of hydrogen-bond acceptors (Lipinski definition) is 4. The minimum absolute atomic E-state index is 0. The van der Waals surface area contributed by atoms with E-state index in [9.17, 15) is 19.5 Å². The van der Waals surface area contributed by atoms with Crippen LogP contribution < -0.4 is 48.6 Å². The first-order valence-corrected chi connectivity index (χ1v) is 8.79. The van der Waals surface area contributed by atoms with Crippen molar-refractivity contribution in [3.05, 3.63) is 67.0 Å². The summed E-state index contributed by atoms with van der Waals surface area (Å²) in [6.45, 7) is 2.38. The molecular formula is C20H23Li2N3O4. The fraction of sp³-hybridized carbons (Fsp3) is 0.350. The van der Waals surface area contributed by atoms with Crippen LogP contribution in [0.1, 0.15) is 36.5 Å². The Kier molecular flexibility index (Phi) is 11.8. The summed E-state index contributed by atoms with van der Waals surface area (Å²) in [4.78, 5) is 37.0. The van der Waals surface area contributed by atoms with Crippen molar-refractivity contribution in [2.75, 3.05) is 20.6 Å². The Bertz CT molecular complexity index is 919. The molecule has 2 aromatic rings. The van der Waals surface area contributed by atoms with Gasteiger partial charge >= 0.3 is 37.7 Å². The van der Waals surface area contributed by atoms with Gasteiger partial charge in [0.1, 0.15) is 5.75 Å². The van der Waals surface area contributed by atoms with Crippen LogP contribution in [0.4, 0.5) is 17.1 Å². The van der Waals surface area contributed by atoms with Gasteiger partial charge in [0.05, 0.1) is 5.56 Å². The van der Waals surface area contributed by atoms with Crippen LogP contribution in [-0.2, 0) is 0 Å². The van der Waals surface area contributed by atoms with Crippen LogP contribution in [0.2, 0.25) is 0 Å². The van der Waals surface area contributed by atoms with Crippen molar-refractivity contribution < 1.29 is 47.6 Å². The van der Waals surface area contributed by atoms with E-state index in [1.165, 1.54) is 17.0 Å². The standard InChI is InChI=1S/C20H25N3O4.2Li/c1-4-5-6-7-8-12-21-15-16(19(26)18(15)25)22-14-11-9-10-13(17(14)24)20(27)23(2)3;;/h7-11H,4-6,12H2,1-3H3,(H3,21,22,24,25,26,27);;/q;2*+1/p-2/b8-7-;;. The Balaban J connectivity index is 0.00000392. The first kappa shape index (κ1) is 27.1. The van der Waals surface area contributed by atoms with E-state index in [-0.39, 0.29) is 72.6 Å². The van der Waals surface area contributed by atoms with Crippen LogP contribution in [-0.4, -0.2) is 36.6 Å². The van der Waals surface area contributed by atoms with Gasteiger partial charge in [-0.1, -0.05) is 55.0 Å². The molecule has 0 saturated carbocycles. The zero-order valence-corrected chi connectivity index (χ0v) is 17.7. The van der Waals surface area contributed by atoms with Crippen LogP contribution in [0.3, 0.4) is 0 Å². The summed E-state index contributed by atoms with van der Waals surface area (Å²) < 4.78 is 0. The smallest absolute Gasteiger partial charge is 0.679 e. The van der Waals surface area contributed by atoms with Crippen molar-refractivity contribution in [3.8, 4) is 5.75 Å². The summed E-state index contributed by atoms with van der Waals surface area (Å²) in [6.07, 6.45) is 6.94. The number of carbonyl (C=O) groups is 1. The van der Waals surface area contributed by atoms with Gasteiger partial charge in [-0.3, -0.25) is 14.4 Å². The maximum absolute atomic E-state index is 12.1. The van der Waals surface area contributed by atoms with Gasteiger partial charge < -0.3 is 20.6 Å². The zero-order valence-electron chi connectivity index (χ0n) is 17.7. The summed E-state index contributed by atoms with van der Waals surface area (Å²) in [5.41, 5.74) is -1.40. The van der Waals surface area contributed by atoms with Crippen LogP contribution in [0, 0.1) is 0 Å². The molecule has 9 heteroatoms. The first-order valence-electron chi connectivity index (χ1n) is 8.79. The van der Waals surface area contributed by atoms with E-state index in [1.54, 1.807) is 20.2 Å². The molecule has 0 unspecified atom stereocenters. The van der Waals surface area contributed by atoms with E-state index in [0.717, 1.165) is 19.3 Å². The average molecular weight is 383 g/mol. The number of allylic oxidation sites excluding steroid dienone is 1. The molecule has 1 amide bonds. The second-order valence-corrected chi connectivity index (χ2v) is 6.29. The third-order valence-electron chi connectivity index (χ3n) is 3.99. The molecule has 0 spiro atoms. The quantitative estimate of drug-likeness (QED) is 0.229. The van der Waals surface area contributed by atoms with Crippen molar-refractivity contribution >= 4 is 23.0 Å². The van der Waals surface area contributed by atoms with Gasteiger partial charge in [0.25, 0.3) is 5.91 Å². The second kappa shape index (κ2) is 12.6. The summed E-state index contributed by atoms with van der Waals surface area (Å²) >= 11 is 0. The number of nitrogens with zero attached hydrogens (tertiary/aromatic N) is 3. The first-order chi connectivity index (χ1) is 12.9. The predicted molar refractivity (Wildman–Crippen MR) is 107 cm³/mol. The molecule has 144 valence electrons. The molecule has 29 heavy (non-hydrogen) atoms. The fourth-order valence-corrected chi connectivity index (χ4v) is 2.43. The maximum Gasteiger partial charge on any atom is 1.00 e.